The van der Waals surface area contributed by atoms with Crippen molar-refractivity contribution in [1.29, 1.82) is 0 Å². The number of benzene rings is 2. The van der Waals surface area contributed by atoms with Gasteiger partial charge in [-0.1, -0.05) is 6.07 Å². The van der Waals surface area contributed by atoms with Gasteiger partial charge in [0.1, 0.15) is 17.4 Å². The van der Waals surface area contributed by atoms with Crippen LogP contribution in [0.1, 0.15) is 17.5 Å². The van der Waals surface area contributed by atoms with Gasteiger partial charge in [0.2, 0.25) is 11.8 Å². The molecule has 6 nitrogen and oxygen atoms in total. The van der Waals surface area contributed by atoms with E-state index >= 15 is 0 Å². The van der Waals surface area contributed by atoms with E-state index in [-0.39, 0.29) is 11.8 Å². The molecule has 0 radical (unpaired) electrons. The minimum atomic E-state index is -0.705. The summed E-state index contributed by atoms with van der Waals surface area (Å²) in [5.74, 6) is -0.0608. The highest BCUT2D eigenvalue weighted by atomic mass is 16.5. The summed E-state index contributed by atoms with van der Waals surface area (Å²) in [5.41, 5.74) is 3.67. The Morgan fingerprint density at radius 1 is 1.04 bits per heavy atom. The molecule has 6 heteroatoms. The summed E-state index contributed by atoms with van der Waals surface area (Å²) in [6.45, 7) is 4.57. The smallest absolute Gasteiger partial charge is 0.239 e. The van der Waals surface area contributed by atoms with Gasteiger partial charge in [-0.2, -0.15) is 0 Å². The molecule has 0 spiro atoms. The highest BCUT2D eigenvalue weighted by molar-refractivity contribution is 6.13. The van der Waals surface area contributed by atoms with Crippen molar-refractivity contribution in [2.24, 2.45) is 5.92 Å². The van der Waals surface area contributed by atoms with Crippen molar-refractivity contribution in [3.05, 3.63) is 47.5 Å². The predicted octanol–water partition coefficient (Wildman–Crippen LogP) is 3.31. The van der Waals surface area contributed by atoms with Crippen LogP contribution in [0.2, 0.25) is 0 Å². The summed E-state index contributed by atoms with van der Waals surface area (Å²) >= 11 is 0. The lowest BCUT2D eigenvalue weighted by atomic mass is 10.1. The normalized spacial score (nSPS) is 16.4. The standard InChI is InChI=1S/C21H24N2O4/c1-13-5-6-16(9-14(13)2)23-8-7-19(21(23)25)20(24)22-15-10-17(26-3)12-18(11-15)27-4/h5-6,9-12,19H,7-8H2,1-4H3,(H,22,24). The van der Waals surface area contributed by atoms with Crippen LogP contribution in [0, 0.1) is 19.8 Å². The molecule has 1 aliphatic rings. The fraction of sp³-hybridized carbons (Fsp3) is 0.333. The van der Waals surface area contributed by atoms with Crippen LogP contribution in [0.15, 0.2) is 36.4 Å². The molecular weight excluding hydrogens is 344 g/mol. The van der Waals surface area contributed by atoms with Crippen LogP contribution in [0.25, 0.3) is 0 Å². The molecule has 0 saturated carbocycles. The fourth-order valence-electron chi connectivity index (χ4n) is 3.18. The Morgan fingerprint density at radius 3 is 2.30 bits per heavy atom. The zero-order chi connectivity index (χ0) is 19.6. The van der Waals surface area contributed by atoms with Crippen LogP contribution in [-0.4, -0.2) is 32.6 Å². The second-order valence-corrected chi connectivity index (χ2v) is 6.69. The Balaban J connectivity index is 1.74. The molecule has 0 bridgehead atoms. The summed E-state index contributed by atoms with van der Waals surface area (Å²) < 4.78 is 10.4. The Kier molecular flexibility index (Phi) is 5.35. The minimum Gasteiger partial charge on any atom is -0.497 e. The largest absolute Gasteiger partial charge is 0.497 e. The molecule has 0 aliphatic carbocycles. The third kappa shape index (κ3) is 3.89. The van der Waals surface area contributed by atoms with Crippen molar-refractivity contribution >= 4 is 23.2 Å². The number of carbonyl (C=O) groups is 2. The predicted molar refractivity (Wildman–Crippen MR) is 105 cm³/mol. The number of carbonyl (C=O) groups excluding carboxylic acids is 2. The number of nitrogens with zero attached hydrogens (tertiary/aromatic N) is 1. The first kappa shape index (κ1) is 18.8. The van der Waals surface area contributed by atoms with E-state index in [2.05, 4.69) is 5.32 Å². The number of rotatable bonds is 5. The van der Waals surface area contributed by atoms with Gasteiger partial charge in [-0.15, -0.1) is 0 Å². The fourth-order valence-corrected chi connectivity index (χ4v) is 3.18. The molecule has 1 heterocycles. The summed E-state index contributed by atoms with van der Waals surface area (Å²) in [6.07, 6.45) is 0.485. The molecule has 3 rings (SSSR count). The van der Waals surface area contributed by atoms with E-state index in [1.54, 1.807) is 37.3 Å². The van der Waals surface area contributed by atoms with Crippen LogP contribution < -0.4 is 19.7 Å². The topological polar surface area (TPSA) is 67.9 Å². The first-order valence-electron chi connectivity index (χ1n) is 8.85. The van der Waals surface area contributed by atoms with Crippen molar-refractivity contribution in [2.45, 2.75) is 20.3 Å². The van der Waals surface area contributed by atoms with E-state index in [1.807, 2.05) is 32.0 Å². The van der Waals surface area contributed by atoms with Crippen molar-refractivity contribution in [1.82, 2.24) is 0 Å². The van der Waals surface area contributed by atoms with Gasteiger partial charge in [-0.3, -0.25) is 9.59 Å². The molecule has 2 aromatic carbocycles. The molecule has 2 amide bonds. The Bertz CT molecular complexity index is 856. The summed E-state index contributed by atoms with van der Waals surface area (Å²) in [4.78, 5) is 27.2. The molecule has 0 aromatic heterocycles. The highest BCUT2D eigenvalue weighted by Gasteiger charge is 2.37. The van der Waals surface area contributed by atoms with E-state index in [9.17, 15) is 9.59 Å². The van der Waals surface area contributed by atoms with Gasteiger partial charge in [0, 0.05) is 36.1 Å². The second-order valence-electron chi connectivity index (χ2n) is 6.69. The van der Waals surface area contributed by atoms with Crippen LogP contribution in [0.3, 0.4) is 0 Å². The maximum atomic E-state index is 12.8. The first-order chi connectivity index (χ1) is 12.9. The maximum absolute atomic E-state index is 12.8. The zero-order valence-electron chi connectivity index (χ0n) is 16.0. The Morgan fingerprint density at radius 2 is 1.70 bits per heavy atom. The highest BCUT2D eigenvalue weighted by Crippen LogP contribution is 2.29. The Labute approximate surface area is 159 Å². The number of nitrogens with one attached hydrogen (secondary N) is 1. The quantitative estimate of drug-likeness (QED) is 0.822. The SMILES string of the molecule is COc1cc(NC(=O)C2CCN(c3ccc(C)c(C)c3)C2=O)cc(OC)c1. The summed E-state index contributed by atoms with van der Waals surface area (Å²) in [7, 11) is 3.09. The number of aryl methyl sites for hydroxylation is 2. The van der Waals surface area contributed by atoms with Gasteiger partial charge in [0.15, 0.2) is 0 Å². The van der Waals surface area contributed by atoms with Crippen LogP contribution >= 0.6 is 0 Å². The molecule has 1 aliphatic heterocycles. The van der Waals surface area contributed by atoms with E-state index < -0.39 is 5.92 Å². The minimum absolute atomic E-state index is 0.175. The van der Waals surface area contributed by atoms with Gasteiger partial charge in [0.25, 0.3) is 0 Å². The number of anilines is 2. The number of ether oxygens (including phenoxy) is 2. The molecule has 1 atom stereocenters. The monoisotopic (exact) mass is 368 g/mol. The molecule has 1 fully saturated rings. The molecule has 142 valence electrons. The lowest BCUT2D eigenvalue weighted by Gasteiger charge is -2.18. The van der Waals surface area contributed by atoms with E-state index in [0.29, 0.717) is 30.2 Å². The molecule has 1 saturated heterocycles. The second kappa shape index (κ2) is 7.70. The van der Waals surface area contributed by atoms with Gasteiger partial charge in [0.05, 0.1) is 14.2 Å². The maximum Gasteiger partial charge on any atom is 0.239 e. The lowest BCUT2D eigenvalue weighted by molar-refractivity contribution is -0.129. The van der Waals surface area contributed by atoms with Gasteiger partial charge < -0.3 is 19.7 Å². The lowest BCUT2D eigenvalue weighted by Crippen LogP contribution is -2.33. The average Bonchev–Trinajstić information content (AvgIpc) is 3.05. The van der Waals surface area contributed by atoms with Gasteiger partial charge in [-0.05, 0) is 43.5 Å². The molecule has 1 unspecified atom stereocenters. The molecule has 27 heavy (non-hydrogen) atoms. The zero-order valence-corrected chi connectivity index (χ0v) is 16.0. The molecule has 2 aromatic rings. The van der Waals surface area contributed by atoms with E-state index in [4.69, 9.17) is 9.47 Å². The van der Waals surface area contributed by atoms with Crippen LogP contribution in [0.4, 0.5) is 11.4 Å². The van der Waals surface area contributed by atoms with Crippen molar-refractivity contribution in [3.63, 3.8) is 0 Å². The number of methoxy groups -OCH3 is 2. The van der Waals surface area contributed by atoms with Gasteiger partial charge >= 0.3 is 0 Å². The third-order valence-corrected chi connectivity index (χ3v) is 4.94. The molecular formula is C21H24N2O4. The van der Waals surface area contributed by atoms with Crippen molar-refractivity contribution in [3.8, 4) is 11.5 Å². The number of hydrogen-bond acceptors (Lipinski definition) is 4. The number of amides is 2. The van der Waals surface area contributed by atoms with E-state index in [1.165, 1.54) is 5.56 Å². The molecule has 1 N–H and O–H groups in total. The van der Waals surface area contributed by atoms with Crippen molar-refractivity contribution in [2.75, 3.05) is 31.0 Å². The first-order valence-corrected chi connectivity index (χ1v) is 8.85. The van der Waals surface area contributed by atoms with Crippen LogP contribution in [0.5, 0.6) is 11.5 Å². The summed E-state index contributed by atoms with van der Waals surface area (Å²) in [5, 5.41) is 2.81. The van der Waals surface area contributed by atoms with Crippen molar-refractivity contribution < 1.29 is 19.1 Å². The summed E-state index contributed by atoms with van der Waals surface area (Å²) in [6, 6.07) is 11.0. The third-order valence-electron chi connectivity index (χ3n) is 4.94. The van der Waals surface area contributed by atoms with Gasteiger partial charge in [-0.25, -0.2) is 0 Å². The van der Waals surface area contributed by atoms with E-state index in [0.717, 1.165) is 11.3 Å². The number of hydrogen-bond donors (Lipinski definition) is 1. The Hall–Kier alpha value is -3.02. The average molecular weight is 368 g/mol. The van der Waals surface area contributed by atoms with Crippen LogP contribution in [-0.2, 0) is 9.59 Å².